The molecule has 0 N–H and O–H groups in total. The Balaban J connectivity index is 1.06. The quantitative estimate of drug-likeness (QED) is 0.0284. The molecule has 4 saturated carbocycles. The van der Waals surface area contributed by atoms with Crippen molar-refractivity contribution in [3.8, 4) is 207 Å². The highest BCUT2D eigenvalue weighted by atomic mass is 16.7. The molecule has 5 rings (SSSR count). The minimum absolute atomic E-state index is 0.00957. The lowest BCUT2D eigenvalue weighted by Gasteiger charge is -2.61. The number of esters is 4. The highest BCUT2D eigenvalue weighted by Crippen LogP contribution is 2.67. The van der Waals surface area contributed by atoms with E-state index in [2.05, 4.69) is 203 Å². The molecule has 0 aromatic heterocycles. The zero-order valence-corrected chi connectivity index (χ0v) is 55.8. The standard InChI is InChI=1S/C82H74O14/c1-10-12-14-16-18-20-22-24-26-28-30-32-34-36-38-44-75(84)91-60-68(61-92-76(85)45-39-37-35-33-31-29-27-25-23-21-19-17-15-13-11-2)94-77(86)54-62(3)42-40-41-43-63(4)55-78(87)96-79-73(89-8)56-65(57-74(79)90-9)59-93-80(88)95-67-50-52-81(6)66(58-67)46-47-69-71-49-48-70(64(5)83)82(71,7)53-51-72(69)81/h56-57,62-63,66-72H,40-43,46-55,58-61H2,1-9H3/t62?,63?,66-,67+,69-,70+,71-,72-,81-,82+/m0/s1. The number of benzene rings is 1. The molecule has 0 heterocycles. The fourth-order valence-electron chi connectivity index (χ4n) is 13.1. The summed E-state index contributed by atoms with van der Waals surface area (Å²) >= 11 is 0. The van der Waals surface area contributed by atoms with Gasteiger partial charge in [0.05, 0.1) is 14.2 Å². The van der Waals surface area contributed by atoms with Crippen molar-refractivity contribution in [1.29, 1.82) is 0 Å². The molecule has 10 atom stereocenters. The highest BCUT2D eigenvalue weighted by Gasteiger charge is 2.61. The lowest BCUT2D eigenvalue weighted by molar-refractivity contribution is -0.164. The smallest absolute Gasteiger partial charge is 0.493 e. The molecule has 4 aliphatic rings. The summed E-state index contributed by atoms with van der Waals surface area (Å²) in [6, 6.07) is 3.26. The summed E-state index contributed by atoms with van der Waals surface area (Å²) in [6.45, 7) is 12.6. The summed E-state index contributed by atoms with van der Waals surface area (Å²) < 4.78 is 44.6. The van der Waals surface area contributed by atoms with E-state index in [0.29, 0.717) is 47.9 Å². The van der Waals surface area contributed by atoms with E-state index < -0.39 is 49.4 Å². The monoisotopic (exact) mass is 1280 g/mol. The van der Waals surface area contributed by atoms with E-state index >= 15 is 0 Å². The molecule has 0 amide bonds. The lowest BCUT2D eigenvalue weighted by Crippen LogP contribution is -2.54. The van der Waals surface area contributed by atoms with Crippen LogP contribution in [0.25, 0.3) is 0 Å². The average molecular weight is 1280 g/mol. The average Bonchev–Trinajstić information content (AvgIpc) is 1.40. The summed E-state index contributed by atoms with van der Waals surface area (Å²) in [6.07, 6.45) is 10.0. The van der Waals surface area contributed by atoms with Gasteiger partial charge in [0.25, 0.3) is 0 Å². The van der Waals surface area contributed by atoms with Crippen LogP contribution in [0.4, 0.5) is 4.79 Å². The number of rotatable bonds is 21. The lowest BCUT2D eigenvalue weighted by atomic mass is 9.44. The van der Waals surface area contributed by atoms with E-state index in [0.717, 1.165) is 64.2 Å². The van der Waals surface area contributed by atoms with Gasteiger partial charge >= 0.3 is 30.0 Å². The molecule has 96 heavy (non-hydrogen) atoms. The Morgan fingerprint density at radius 1 is 0.521 bits per heavy atom. The first-order valence-electron chi connectivity index (χ1n) is 31.6. The summed E-state index contributed by atoms with van der Waals surface area (Å²) in [7, 11) is 2.88. The van der Waals surface area contributed by atoms with E-state index in [9.17, 15) is 28.8 Å². The van der Waals surface area contributed by atoms with Crippen molar-refractivity contribution >= 4 is 35.8 Å². The van der Waals surface area contributed by atoms with Crippen LogP contribution in [-0.4, -0.2) is 75.5 Å². The maximum atomic E-state index is 13.3. The van der Waals surface area contributed by atoms with Crippen molar-refractivity contribution < 1.29 is 66.7 Å². The van der Waals surface area contributed by atoms with Gasteiger partial charge in [-0.25, -0.2) is 14.4 Å². The Labute approximate surface area is 567 Å². The van der Waals surface area contributed by atoms with Gasteiger partial charge in [-0.3, -0.25) is 14.4 Å². The number of Topliss-reactive ketones (excluding diaryl/α,β-unsaturated/α-hetero) is 1. The van der Waals surface area contributed by atoms with Gasteiger partial charge < -0.3 is 37.9 Å². The second-order valence-electron chi connectivity index (χ2n) is 23.8. The van der Waals surface area contributed by atoms with Gasteiger partial charge in [-0.2, -0.15) is 0 Å². The fourth-order valence-corrected chi connectivity index (χ4v) is 13.1. The normalized spacial score (nSPS) is 20.0. The first-order chi connectivity index (χ1) is 46.4. The van der Waals surface area contributed by atoms with E-state index in [1.807, 2.05) is 13.8 Å². The van der Waals surface area contributed by atoms with Crippen molar-refractivity contribution in [2.24, 2.45) is 52.3 Å². The number of hydrogen-bond donors (Lipinski definition) is 0. The third-order valence-electron chi connectivity index (χ3n) is 17.4. The highest BCUT2D eigenvalue weighted by molar-refractivity contribution is 5.90. The molecule has 4 fully saturated rings. The van der Waals surface area contributed by atoms with E-state index in [-0.39, 0.29) is 71.4 Å². The van der Waals surface area contributed by atoms with E-state index in [1.54, 1.807) is 32.9 Å². The number of fused-ring (bicyclic) bond motifs is 5. The van der Waals surface area contributed by atoms with Gasteiger partial charge in [0.2, 0.25) is 5.75 Å². The maximum Gasteiger partial charge on any atom is 0.508 e. The molecule has 0 bridgehead atoms. The molecule has 14 heteroatoms. The van der Waals surface area contributed by atoms with Crippen LogP contribution in [0, 0.1) is 242 Å². The van der Waals surface area contributed by atoms with Crippen LogP contribution in [0.2, 0.25) is 0 Å². The third kappa shape index (κ3) is 25.6. The van der Waals surface area contributed by atoms with Crippen molar-refractivity contribution in [3.63, 3.8) is 0 Å². The summed E-state index contributed by atoms with van der Waals surface area (Å²) in [5.41, 5.74) is 0.858. The molecule has 14 nitrogen and oxygen atoms in total. The number of hydrogen-bond acceptors (Lipinski definition) is 14. The van der Waals surface area contributed by atoms with Crippen LogP contribution < -0.4 is 14.2 Å². The van der Waals surface area contributed by atoms with Crippen molar-refractivity contribution in [1.82, 2.24) is 0 Å². The van der Waals surface area contributed by atoms with E-state index in [1.165, 1.54) is 20.6 Å². The number of carbonyl (C=O) groups is 6. The molecule has 0 radical (unpaired) electrons. The zero-order valence-electron chi connectivity index (χ0n) is 55.8. The fraction of sp³-hybridized carbons (Fsp3) is 0.463. The van der Waals surface area contributed by atoms with Crippen LogP contribution in [-0.2, 0) is 54.3 Å². The summed E-state index contributed by atoms with van der Waals surface area (Å²) in [5, 5.41) is 0. The van der Waals surface area contributed by atoms with Crippen LogP contribution in [0.3, 0.4) is 0 Å². The van der Waals surface area contributed by atoms with Gasteiger partial charge in [-0.1, -0.05) is 65.2 Å². The largest absolute Gasteiger partial charge is 0.508 e. The van der Waals surface area contributed by atoms with Crippen molar-refractivity contribution in [2.75, 3.05) is 27.4 Å². The molecular formula is C82H74O14. The van der Waals surface area contributed by atoms with Crippen LogP contribution in [0.5, 0.6) is 17.2 Å². The Morgan fingerprint density at radius 3 is 1.42 bits per heavy atom. The number of methoxy groups -OCH3 is 2. The first kappa shape index (κ1) is 75.3. The maximum absolute atomic E-state index is 13.3. The predicted molar refractivity (Wildman–Crippen MR) is 360 cm³/mol. The zero-order chi connectivity index (χ0) is 69.4. The molecule has 0 spiro atoms. The second-order valence-corrected chi connectivity index (χ2v) is 23.8. The Hall–Kier alpha value is -11.4. The van der Waals surface area contributed by atoms with Gasteiger partial charge in [0, 0.05) is 30.6 Å². The number of carbonyl (C=O) groups excluding carboxylic acids is 6. The topological polar surface area (TPSA) is 176 Å². The number of unbranched alkanes of at least 4 members (excludes halogenated alkanes) is 1. The Morgan fingerprint density at radius 2 is 0.958 bits per heavy atom. The van der Waals surface area contributed by atoms with Gasteiger partial charge in [0.1, 0.15) is 31.7 Å². The Bertz CT molecular complexity index is 4010. The molecule has 1 aromatic rings. The van der Waals surface area contributed by atoms with Crippen molar-refractivity contribution in [2.45, 2.75) is 164 Å². The summed E-state index contributed by atoms with van der Waals surface area (Å²) in [4.78, 5) is 77.3. The van der Waals surface area contributed by atoms with Gasteiger partial charge in [0.15, 0.2) is 17.6 Å². The number of ether oxygens (including phenoxy) is 8. The SMILES string of the molecule is CC#CC#CC#CC#CC#CC#CC#CC#CC(=O)OCC(COC(=O)C#CC#CC#CC#CC#CC#CC#CC#CC)OC(=O)CC(C)CCCCC(C)CC(=O)Oc1c(OC)cc(COC(=O)O[C@@H]2CC[C@@]3(C)[C@@H](CC[C@@H]4[C@@H]3CC[C@]3(C)[C@@H](C(C)=O)CC[C@@H]43)C2)cc1OC. The van der Waals surface area contributed by atoms with Gasteiger partial charge in [-0.05, 0) is 308 Å². The van der Waals surface area contributed by atoms with E-state index in [4.69, 9.17) is 37.9 Å². The molecular weight excluding hydrogens is 1210 g/mol. The third-order valence-corrected chi connectivity index (χ3v) is 17.4. The molecule has 4 aliphatic carbocycles. The van der Waals surface area contributed by atoms with Crippen molar-refractivity contribution in [3.05, 3.63) is 17.7 Å². The Kier molecular flexibility index (Phi) is 32.4. The first-order valence-corrected chi connectivity index (χ1v) is 31.6. The van der Waals surface area contributed by atoms with Crippen LogP contribution >= 0.6 is 0 Å². The number of ketones is 1. The van der Waals surface area contributed by atoms with Crippen LogP contribution in [0.1, 0.15) is 150 Å². The minimum Gasteiger partial charge on any atom is -0.493 e. The molecule has 2 unspecified atom stereocenters. The minimum atomic E-state index is -1.23. The molecule has 1 aromatic carbocycles. The predicted octanol–water partition coefficient (Wildman–Crippen LogP) is 9.58. The molecule has 0 saturated heterocycles. The summed E-state index contributed by atoms with van der Waals surface area (Å²) in [5.74, 6) is 78.6. The molecule has 0 aliphatic heterocycles. The second kappa shape index (κ2) is 41.2. The van der Waals surface area contributed by atoms with Gasteiger partial charge in [-0.15, -0.1) is 0 Å². The van der Waals surface area contributed by atoms with Crippen LogP contribution in [0.15, 0.2) is 12.1 Å². The molecule has 486 valence electrons.